The summed E-state index contributed by atoms with van der Waals surface area (Å²) in [7, 11) is 0. The maximum atomic E-state index is 5.15. The molecule has 0 fully saturated rings. The number of rotatable bonds is 2. The second-order valence-corrected chi connectivity index (χ2v) is 8.29. The van der Waals surface area contributed by atoms with E-state index in [1.54, 1.807) is 0 Å². The third-order valence-corrected chi connectivity index (χ3v) is 6.39. The molecule has 2 heterocycles. The summed E-state index contributed by atoms with van der Waals surface area (Å²) in [6.07, 6.45) is 0. The van der Waals surface area contributed by atoms with Crippen LogP contribution in [0.4, 0.5) is 0 Å². The molecule has 0 unspecified atom stereocenters. The van der Waals surface area contributed by atoms with E-state index in [4.69, 9.17) is 9.97 Å². The van der Waals surface area contributed by atoms with E-state index in [9.17, 15) is 0 Å². The average molecular weight is 422 g/mol. The van der Waals surface area contributed by atoms with Crippen LogP contribution in [0.15, 0.2) is 115 Å². The Labute approximate surface area is 190 Å². The van der Waals surface area contributed by atoms with E-state index in [1.165, 1.54) is 21.5 Å². The molecule has 0 atom stereocenters. The predicted octanol–water partition coefficient (Wildman–Crippen LogP) is 7.55. The Morgan fingerprint density at radius 2 is 1.18 bits per heavy atom. The monoisotopic (exact) mass is 421 g/mol. The van der Waals surface area contributed by atoms with Crippen molar-refractivity contribution in [3.8, 4) is 17.2 Å². The molecule has 0 N–H and O–H groups in total. The van der Waals surface area contributed by atoms with Crippen molar-refractivity contribution in [2.75, 3.05) is 0 Å². The molecule has 0 saturated carbocycles. The van der Waals surface area contributed by atoms with Gasteiger partial charge in [-0.3, -0.25) is 4.57 Å². The Kier molecular flexibility index (Phi) is 3.84. The summed E-state index contributed by atoms with van der Waals surface area (Å²) >= 11 is 0. The van der Waals surface area contributed by atoms with Crippen LogP contribution in [0.25, 0.3) is 60.7 Å². The molecule has 7 aromatic rings. The van der Waals surface area contributed by atoms with E-state index in [-0.39, 0.29) is 0 Å². The van der Waals surface area contributed by atoms with Crippen LogP contribution < -0.4 is 0 Å². The summed E-state index contributed by atoms with van der Waals surface area (Å²) in [5, 5.41) is 6.02. The van der Waals surface area contributed by atoms with Gasteiger partial charge in [-0.05, 0) is 35.0 Å². The van der Waals surface area contributed by atoms with E-state index < -0.39 is 0 Å². The molecule has 0 bridgehead atoms. The van der Waals surface area contributed by atoms with E-state index in [0.717, 1.165) is 39.1 Å². The van der Waals surface area contributed by atoms with Crippen LogP contribution >= 0.6 is 0 Å². The molecule has 5 aromatic carbocycles. The first-order valence-corrected chi connectivity index (χ1v) is 11.1. The molecule has 0 radical (unpaired) electrons. The highest BCUT2D eigenvalue weighted by molar-refractivity contribution is 6.21. The van der Waals surface area contributed by atoms with Crippen LogP contribution in [0.2, 0.25) is 0 Å². The lowest BCUT2D eigenvalue weighted by molar-refractivity contribution is 1.08. The first kappa shape index (κ1) is 18.1. The number of aromatic nitrogens is 3. The second kappa shape index (κ2) is 7.01. The van der Waals surface area contributed by atoms with E-state index >= 15 is 0 Å². The Balaban J connectivity index is 1.67. The van der Waals surface area contributed by atoms with Crippen LogP contribution in [0, 0.1) is 0 Å². The molecular formula is C30H19N3. The van der Waals surface area contributed by atoms with Crippen molar-refractivity contribution in [1.29, 1.82) is 0 Å². The van der Waals surface area contributed by atoms with Gasteiger partial charge in [-0.25, -0.2) is 9.97 Å². The third-order valence-electron chi connectivity index (χ3n) is 6.39. The summed E-state index contributed by atoms with van der Waals surface area (Å²) in [5.74, 6) is 1.64. The van der Waals surface area contributed by atoms with Gasteiger partial charge in [0, 0.05) is 21.7 Å². The normalized spacial score (nSPS) is 11.6. The van der Waals surface area contributed by atoms with Gasteiger partial charge in [0.1, 0.15) is 5.82 Å². The van der Waals surface area contributed by atoms with Crippen LogP contribution in [0.3, 0.4) is 0 Å². The molecule has 0 aliphatic carbocycles. The zero-order chi connectivity index (χ0) is 21.8. The SMILES string of the molecule is c1ccc(-c2nc(-n3c4ccccc4c4c5ccccc5ccc43)c3ccccc3n2)cc1. The first-order chi connectivity index (χ1) is 16.4. The Bertz CT molecular complexity index is 1810. The number of nitrogens with zero attached hydrogens (tertiary/aromatic N) is 3. The van der Waals surface area contributed by atoms with Crippen molar-refractivity contribution < 1.29 is 0 Å². The summed E-state index contributed by atoms with van der Waals surface area (Å²) in [6, 6.07) is 40.1. The summed E-state index contributed by atoms with van der Waals surface area (Å²) in [4.78, 5) is 10.0. The standard InChI is InChI=1S/C30H19N3/c1-2-11-21(12-3-1)29-31-25-16-8-6-14-23(25)30(32-29)33-26-17-9-7-15-24(26)28-22-13-5-4-10-20(22)18-19-27(28)33/h1-19H. The van der Waals surface area contributed by atoms with E-state index in [0.29, 0.717) is 0 Å². The van der Waals surface area contributed by atoms with Gasteiger partial charge in [-0.1, -0.05) is 91.0 Å². The predicted molar refractivity (Wildman–Crippen MR) is 137 cm³/mol. The fraction of sp³-hybridized carbons (Fsp3) is 0. The van der Waals surface area contributed by atoms with Gasteiger partial charge in [0.05, 0.1) is 16.6 Å². The number of hydrogen-bond donors (Lipinski definition) is 0. The number of hydrogen-bond acceptors (Lipinski definition) is 2. The van der Waals surface area contributed by atoms with Crippen molar-refractivity contribution in [3.63, 3.8) is 0 Å². The topological polar surface area (TPSA) is 30.7 Å². The Morgan fingerprint density at radius 1 is 0.485 bits per heavy atom. The number of benzene rings is 5. The van der Waals surface area contributed by atoms with E-state index in [1.807, 2.05) is 24.3 Å². The fourth-order valence-corrected chi connectivity index (χ4v) is 4.91. The Morgan fingerprint density at radius 3 is 2.06 bits per heavy atom. The first-order valence-electron chi connectivity index (χ1n) is 11.1. The van der Waals surface area contributed by atoms with Gasteiger partial charge >= 0.3 is 0 Å². The molecule has 3 heteroatoms. The zero-order valence-electron chi connectivity index (χ0n) is 17.8. The van der Waals surface area contributed by atoms with Crippen LogP contribution in [0.1, 0.15) is 0 Å². The van der Waals surface area contributed by atoms with Crippen molar-refractivity contribution in [1.82, 2.24) is 14.5 Å². The Hall–Kier alpha value is -4.50. The summed E-state index contributed by atoms with van der Waals surface area (Å²) < 4.78 is 2.30. The maximum Gasteiger partial charge on any atom is 0.162 e. The lowest BCUT2D eigenvalue weighted by atomic mass is 10.0. The number of fused-ring (bicyclic) bond motifs is 6. The minimum absolute atomic E-state index is 0.732. The molecule has 2 aromatic heterocycles. The minimum atomic E-state index is 0.732. The summed E-state index contributed by atoms with van der Waals surface area (Å²) in [5.41, 5.74) is 4.24. The van der Waals surface area contributed by atoms with Crippen molar-refractivity contribution >= 4 is 43.5 Å². The smallest absolute Gasteiger partial charge is 0.162 e. The fourth-order valence-electron chi connectivity index (χ4n) is 4.91. The van der Waals surface area contributed by atoms with Crippen molar-refractivity contribution in [3.05, 3.63) is 115 Å². The highest BCUT2D eigenvalue weighted by Crippen LogP contribution is 2.38. The maximum absolute atomic E-state index is 5.15. The lowest BCUT2D eigenvalue weighted by Crippen LogP contribution is -2.02. The highest BCUT2D eigenvalue weighted by atomic mass is 15.1. The molecular weight excluding hydrogens is 402 g/mol. The quantitative estimate of drug-likeness (QED) is 0.289. The van der Waals surface area contributed by atoms with Crippen molar-refractivity contribution in [2.24, 2.45) is 0 Å². The summed E-state index contributed by atoms with van der Waals surface area (Å²) in [6.45, 7) is 0. The molecule has 0 spiro atoms. The average Bonchev–Trinajstić information content (AvgIpc) is 3.23. The molecule has 0 saturated heterocycles. The van der Waals surface area contributed by atoms with Gasteiger partial charge in [0.2, 0.25) is 0 Å². The van der Waals surface area contributed by atoms with Gasteiger partial charge in [-0.2, -0.15) is 0 Å². The van der Waals surface area contributed by atoms with Crippen LogP contribution in [0.5, 0.6) is 0 Å². The molecule has 0 amide bonds. The molecule has 33 heavy (non-hydrogen) atoms. The van der Waals surface area contributed by atoms with Gasteiger partial charge in [0.25, 0.3) is 0 Å². The minimum Gasteiger partial charge on any atom is -0.293 e. The molecule has 3 nitrogen and oxygen atoms in total. The number of para-hydroxylation sites is 2. The van der Waals surface area contributed by atoms with Gasteiger partial charge in [-0.15, -0.1) is 0 Å². The second-order valence-electron chi connectivity index (χ2n) is 8.29. The molecule has 7 rings (SSSR count). The lowest BCUT2D eigenvalue weighted by Gasteiger charge is -2.12. The molecule has 154 valence electrons. The van der Waals surface area contributed by atoms with Gasteiger partial charge in [0.15, 0.2) is 5.82 Å². The third kappa shape index (κ3) is 2.69. The van der Waals surface area contributed by atoms with Gasteiger partial charge < -0.3 is 0 Å². The van der Waals surface area contributed by atoms with E-state index in [2.05, 4.69) is 95.6 Å². The van der Waals surface area contributed by atoms with Crippen LogP contribution in [-0.4, -0.2) is 14.5 Å². The van der Waals surface area contributed by atoms with Crippen LogP contribution in [-0.2, 0) is 0 Å². The molecule has 0 aliphatic heterocycles. The zero-order valence-corrected chi connectivity index (χ0v) is 17.8. The molecule has 0 aliphatic rings. The van der Waals surface area contributed by atoms with Crippen molar-refractivity contribution in [2.45, 2.75) is 0 Å². The highest BCUT2D eigenvalue weighted by Gasteiger charge is 2.18. The largest absolute Gasteiger partial charge is 0.293 e.